The van der Waals surface area contributed by atoms with E-state index < -0.39 is 11.8 Å². The number of hydrogen-bond donors (Lipinski definition) is 3. The van der Waals surface area contributed by atoms with Gasteiger partial charge in [0, 0.05) is 29.8 Å². The van der Waals surface area contributed by atoms with Crippen LogP contribution in [0.4, 0.5) is 11.4 Å². The summed E-state index contributed by atoms with van der Waals surface area (Å²) in [5.74, 6) is -1.52. The Labute approximate surface area is 184 Å². The number of carbonyl (C=O) groups excluding carboxylic acids is 3. The Bertz CT molecular complexity index is 924. The molecule has 2 aromatic carbocycles. The molecular weight excluding hydrogens is 390 g/mol. The van der Waals surface area contributed by atoms with Gasteiger partial charge >= 0.3 is 11.8 Å². The SMILES string of the molecule is CCC(=O)Nc1ccc(NC(=O)C(=O)NCC(C)(C)c2ccc(C(C)(C)C)cc2)cc1. The van der Waals surface area contributed by atoms with E-state index in [0.717, 1.165) is 5.56 Å². The van der Waals surface area contributed by atoms with Crippen molar-refractivity contribution >= 4 is 29.1 Å². The van der Waals surface area contributed by atoms with Crippen molar-refractivity contribution in [2.24, 2.45) is 0 Å². The fourth-order valence-electron chi connectivity index (χ4n) is 2.98. The molecule has 0 fully saturated rings. The minimum absolute atomic E-state index is 0.0781. The van der Waals surface area contributed by atoms with E-state index in [9.17, 15) is 14.4 Å². The van der Waals surface area contributed by atoms with Crippen LogP contribution >= 0.6 is 0 Å². The number of benzene rings is 2. The molecule has 0 radical (unpaired) electrons. The van der Waals surface area contributed by atoms with Crippen LogP contribution in [-0.2, 0) is 25.2 Å². The number of rotatable bonds is 6. The third-order valence-corrected chi connectivity index (χ3v) is 5.18. The molecule has 2 aromatic rings. The first-order valence-corrected chi connectivity index (χ1v) is 10.5. The normalized spacial score (nSPS) is 11.5. The van der Waals surface area contributed by atoms with E-state index in [1.165, 1.54) is 5.56 Å². The van der Waals surface area contributed by atoms with Crippen molar-refractivity contribution in [1.29, 1.82) is 0 Å². The van der Waals surface area contributed by atoms with Gasteiger partial charge in [0.15, 0.2) is 0 Å². The summed E-state index contributed by atoms with van der Waals surface area (Å²) in [7, 11) is 0. The van der Waals surface area contributed by atoms with Crippen LogP contribution in [0.15, 0.2) is 48.5 Å². The van der Waals surface area contributed by atoms with Gasteiger partial charge in [0.2, 0.25) is 5.91 Å². The van der Waals surface area contributed by atoms with Gasteiger partial charge in [-0.15, -0.1) is 0 Å². The molecule has 0 saturated heterocycles. The number of hydrogen-bond acceptors (Lipinski definition) is 3. The quantitative estimate of drug-likeness (QED) is 0.603. The fraction of sp³-hybridized carbons (Fsp3) is 0.400. The molecule has 2 rings (SSSR count). The van der Waals surface area contributed by atoms with E-state index >= 15 is 0 Å². The Morgan fingerprint density at radius 2 is 1.19 bits per heavy atom. The molecular formula is C25H33N3O3. The highest BCUT2D eigenvalue weighted by Crippen LogP contribution is 2.27. The molecule has 6 heteroatoms. The van der Waals surface area contributed by atoms with Crippen molar-refractivity contribution in [1.82, 2.24) is 5.32 Å². The molecule has 0 bridgehead atoms. The zero-order valence-electron chi connectivity index (χ0n) is 19.3. The molecule has 0 saturated carbocycles. The lowest BCUT2D eigenvalue weighted by atomic mass is 9.81. The average molecular weight is 424 g/mol. The minimum atomic E-state index is -0.732. The molecule has 0 aromatic heterocycles. The van der Waals surface area contributed by atoms with E-state index in [1.54, 1.807) is 31.2 Å². The number of carbonyl (C=O) groups is 3. The Morgan fingerprint density at radius 1 is 0.710 bits per heavy atom. The van der Waals surface area contributed by atoms with E-state index in [1.807, 2.05) is 13.8 Å². The van der Waals surface area contributed by atoms with E-state index in [2.05, 4.69) is 61.0 Å². The van der Waals surface area contributed by atoms with Crippen LogP contribution in [0, 0.1) is 0 Å². The van der Waals surface area contributed by atoms with Crippen LogP contribution in [0.1, 0.15) is 59.1 Å². The highest BCUT2D eigenvalue weighted by Gasteiger charge is 2.24. The van der Waals surface area contributed by atoms with Gasteiger partial charge in [-0.1, -0.05) is 65.8 Å². The molecule has 0 aliphatic heterocycles. The summed E-state index contributed by atoms with van der Waals surface area (Å²) in [6, 6.07) is 15.0. The smallest absolute Gasteiger partial charge is 0.313 e. The van der Waals surface area contributed by atoms with Gasteiger partial charge in [0.1, 0.15) is 0 Å². The molecule has 166 valence electrons. The predicted molar refractivity (Wildman–Crippen MR) is 125 cm³/mol. The second kappa shape index (κ2) is 9.77. The summed E-state index contributed by atoms with van der Waals surface area (Å²) < 4.78 is 0. The van der Waals surface area contributed by atoms with Gasteiger partial charge in [-0.3, -0.25) is 14.4 Å². The third kappa shape index (κ3) is 6.95. The number of nitrogens with one attached hydrogen (secondary N) is 3. The first-order valence-electron chi connectivity index (χ1n) is 10.5. The first kappa shape index (κ1) is 24.1. The Hall–Kier alpha value is -3.15. The average Bonchev–Trinajstić information content (AvgIpc) is 2.72. The highest BCUT2D eigenvalue weighted by molar-refractivity contribution is 6.39. The largest absolute Gasteiger partial charge is 0.347 e. The van der Waals surface area contributed by atoms with Gasteiger partial charge in [-0.25, -0.2) is 0 Å². The Kier molecular flexibility index (Phi) is 7.60. The van der Waals surface area contributed by atoms with Gasteiger partial charge in [0.05, 0.1) is 0 Å². The van der Waals surface area contributed by atoms with Crippen molar-refractivity contribution in [3.8, 4) is 0 Å². The standard InChI is InChI=1S/C25H33N3O3/c1-7-21(29)27-19-12-14-20(15-13-19)28-23(31)22(30)26-16-25(5,6)18-10-8-17(9-11-18)24(2,3)4/h8-15H,7,16H2,1-6H3,(H,26,30)(H,27,29)(H,28,31). The van der Waals surface area contributed by atoms with Crippen LogP contribution in [-0.4, -0.2) is 24.3 Å². The topological polar surface area (TPSA) is 87.3 Å². The Morgan fingerprint density at radius 3 is 1.68 bits per heavy atom. The van der Waals surface area contributed by atoms with Crippen LogP contribution in [0.2, 0.25) is 0 Å². The second-order valence-electron chi connectivity index (χ2n) is 9.33. The lowest BCUT2D eigenvalue weighted by Crippen LogP contribution is -2.42. The summed E-state index contributed by atoms with van der Waals surface area (Å²) >= 11 is 0. The van der Waals surface area contributed by atoms with Gasteiger partial charge in [-0.2, -0.15) is 0 Å². The van der Waals surface area contributed by atoms with Crippen molar-refractivity contribution in [3.05, 3.63) is 59.7 Å². The summed E-state index contributed by atoms with van der Waals surface area (Å²) in [5.41, 5.74) is 3.20. The maximum Gasteiger partial charge on any atom is 0.313 e. The van der Waals surface area contributed by atoms with Crippen LogP contribution < -0.4 is 16.0 Å². The van der Waals surface area contributed by atoms with Crippen LogP contribution in [0.25, 0.3) is 0 Å². The first-order chi connectivity index (χ1) is 14.4. The summed E-state index contributed by atoms with van der Waals surface area (Å²) in [6.07, 6.45) is 0.385. The highest BCUT2D eigenvalue weighted by atomic mass is 16.2. The fourth-order valence-corrected chi connectivity index (χ4v) is 2.98. The maximum absolute atomic E-state index is 12.3. The second-order valence-corrected chi connectivity index (χ2v) is 9.33. The van der Waals surface area contributed by atoms with Crippen LogP contribution in [0.3, 0.4) is 0 Å². The summed E-state index contributed by atoms with van der Waals surface area (Å²) in [5, 5.41) is 8.02. The van der Waals surface area contributed by atoms with Gasteiger partial charge in [0.25, 0.3) is 0 Å². The molecule has 0 heterocycles. The number of amides is 3. The van der Waals surface area contributed by atoms with E-state index in [-0.39, 0.29) is 16.7 Å². The van der Waals surface area contributed by atoms with Crippen molar-refractivity contribution < 1.29 is 14.4 Å². The molecule has 0 aliphatic carbocycles. The molecule has 0 spiro atoms. The molecule has 0 aliphatic rings. The van der Waals surface area contributed by atoms with Gasteiger partial charge < -0.3 is 16.0 Å². The van der Waals surface area contributed by atoms with Gasteiger partial charge in [-0.05, 0) is 40.8 Å². The lowest BCUT2D eigenvalue weighted by Gasteiger charge is -2.27. The summed E-state index contributed by atoms with van der Waals surface area (Å²) in [4.78, 5) is 35.9. The van der Waals surface area contributed by atoms with Crippen molar-refractivity contribution in [2.45, 2.75) is 58.8 Å². The Balaban J connectivity index is 1.92. The lowest BCUT2D eigenvalue weighted by molar-refractivity contribution is -0.136. The molecule has 0 atom stereocenters. The maximum atomic E-state index is 12.3. The zero-order valence-corrected chi connectivity index (χ0v) is 19.3. The number of anilines is 2. The van der Waals surface area contributed by atoms with Crippen molar-refractivity contribution in [3.63, 3.8) is 0 Å². The van der Waals surface area contributed by atoms with Crippen molar-refractivity contribution in [2.75, 3.05) is 17.2 Å². The summed E-state index contributed by atoms with van der Waals surface area (Å²) in [6.45, 7) is 12.7. The molecule has 6 nitrogen and oxygen atoms in total. The predicted octanol–water partition coefficient (Wildman–Crippen LogP) is 4.37. The molecule has 3 amide bonds. The van der Waals surface area contributed by atoms with E-state index in [4.69, 9.17) is 0 Å². The van der Waals surface area contributed by atoms with E-state index in [0.29, 0.717) is 24.3 Å². The van der Waals surface area contributed by atoms with Crippen LogP contribution in [0.5, 0.6) is 0 Å². The third-order valence-electron chi connectivity index (χ3n) is 5.18. The minimum Gasteiger partial charge on any atom is -0.347 e. The monoisotopic (exact) mass is 423 g/mol. The molecule has 3 N–H and O–H groups in total. The molecule has 31 heavy (non-hydrogen) atoms. The zero-order chi connectivity index (χ0) is 23.2. The molecule has 0 unspecified atom stereocenters.